The second-order valence-electron chi connectivity index (χ2n) is 3.07. The molecule has 0 radical (unpaired) electrons. The Morgan fingerprint density at radius 1 is 1.12 bits per heavy atom. The van der Waals surface area contributed by atoms with Crippen LogP contribution in [0.15, 0.2) is 42.6 Å². The summed E-state index contributed by atoms with van der Waals surface area (Å²) >= 11 is 5.76. The van der Waals surface area contributed by atoms with Crippen LogP contribution in [0.5, 0.6) is 17.2 Å². The van der Waals surface area contributed by atoms with E-state index < -0.39 is 0 Å². The molecule has 0 aliphatic heterocycles. The van der Waals surface area contributed by atoms with Crippen molar-refractivity contribution >= 4 is 11.6 Å². The maximum atomic E-state index is 5.76. The van der Waals surface area contributed by atoms with Crippen LogP contribution in [-0.4, -0.2) is 12.1 Å². The molecule has 1 aromatic carbocycles. The van der Waals surface area contributed by atoms with Crippen molar-refractivity contribution in [3.63, 3.8) is 0 Å². The minimum atomic E-state index is 0.396. The second kappa shape index (κ2) is 4.86. The molecule has 4 heteroatoms. The number of benzene rings is 1. The van der Waals surface area contributed by atoms with Crippen LogP contribution in [0.4, 0.5) is 0 Å². The van der Waals surface area contributed by atoms with E-state index in [4.69, 9.17) is 21.1 Å². The van der Waals surface area contributed by atoms with E-state index in [0.717, 1.165) is 0 Å². The highest BCUT2D eigenvalue weighted by Gasteiger charge is 2.04. The molecule has 1 aromatic heterocycles. The monoisotopic (exact) mass is 235 g/mol. The standard InChI is InChI=1S/C12H10ClNO2/c1-15-10-4-2-3-5-11(10)16-9-6-7-14-12(13)8-9/h2-8H,1H3. The molecule has 0 aliphatic carbocycles. The van der Waals surface area contributed by atoms with E-state index in [1.54, 1.807) is 25.4 Å². The number of para-hydroxylation sites is 2. The average Bonchev–Trinajstić information content (AvgIpc) is 2.30. The normalized spacial score (nSPS) is 9.88. The Labute approximate surface area is 98.6 Å². The molecule has 0 saturated heterocycles. The summed E-state index contributed by atoms with van der Waals surface area (Å²) in [5.41, 5.74) is 0. The number of hydrogen-bond donors (Lipinski definition) is 0. The highest BCUT2D eigenvalue weighted by Crippen LogP contribution is 2.31. The summed E-state index contributed by atoms with van der Waals surface area (Å²) in [4.78, 5) is 3.88. The van der Waals surface area contributed by atoms with Crippen molar-refractivity contribution in [1.82, 2.24) is 4.98 Å². The van der Waals surface area contributed by atoms with Crippen LogP contribution < -0.4 is 9.47 Å². The number of rotatable bonds is 3. The summed E-state index contributed by atoms with van der Waals surface area (Å²) in [7, 11) is 1.60. The molecule has 0 bridgehead atoms. The van der Waals surface area contributed by atoms with E-state index in [-0.39, 0.29) is 0 Å². The third-order valence-electron chi connectivity index (χ3n) is 1.99. The predicted molar refractivity (Wildman–Crippen MR) is 62.3 cm³/mol. The number of ether oxygens (including phenoxy) is 2. The van der Waals surface area contributed by atoms with Gasteiger partial charge in [0.1, 0.15) is 10.9 Å². The van der Waals surface area contributed by atoms with Crippen LogP contribution >= 0.6 is 11.6 Å². The van der Waals surface area contributed by atoms with Gasteiger partial charge in [0.2, 0.25) is 0 Å². The van der Waals surface area contributed by atoms with E-state index in [1.807, 2.05) is 24.3 Å². The predicted octanol–water partition coefficient (Wildman–Crippen LogP) is 3.54. The fourth-order valence-electron chi connectivity index (χ4n) is 1.28. The third kappa shape index (κ3) is 2.44. The Balaban J connectivity index is 2.26. The molecular weight excluding hydrogens is 226 g/mol. The fourth-order valence-corrected chi connectivity index (χ4v) is 1.44. The molecule has 0 N–H and O–H groups in total. The summed E-state index contributed by atoms with van der Waals surface area (Å²) in [6.45, 7) is 0. The van der Waals surface area contributed by atoms with Crippen LogP contribution in [0.25, 0.3) is 0 Å². The van der Waals surface area contributed by atoms with Gasteiger partial charge in [-0.1, -0.05) is 23.7 Å². The van der Waals surface area contributed by atoms with Crippen LogP contribution in [0.2, 0.25) is 5.15 Å². The van der Waals surface area contributed by atoms with Crippen LogP contribution in [-0.2, 0) is 0 Å². The van der Waals surface area contributed by atoms with Gasteiger partial charge in [-0.25, -0.2) is 4.98 Å². The summed E-state index contributed by atoms with van der Waals surface area (Å²) in [5.74, 6) is 1.95. The highest BCUT2D eigenvalue weighted by molar-refractivity contribution is 6.29. The second-order valence-corrected chi connectivity index (χ2v) is 3.45. The smallest absolute Gasteiger partial charge is 0.169 e. The van der Waals surface area contributed by atoms with Gasteiger partial charge in [-0.15, -0.1) is 0 Å². The first kappa shape index (κ1) is 10.8. The quantitative estimate of drug-likeness (QED) is 0.763. The van der Waals surface area contributed by atoms with Gasteiger partial charge in [0, 0.05) is 12.3 Å². The molecule has 0 fully saturated rings. The largest absolute Gasteiger partial charge is 0.493 e. The molecule has 16 heavy (non-hydrogen) atoms. The molecule has 0 saturated carbocycles. The van der Waals surface area contributed by atoms with Gasteiger partial charge >= 0.3 is 0 Å². The molecule has 2 rings (SSSR count). The van der Waals surface area contributed by atoms with Crippen molar-refractivity contribution in [1.29, 1.82) is 0 Å². The van der Waals surface area contributed by atoms with Gasteiger partial charge in [-0.2, -0.15) is 0 Å². The number of methoxy groups -OCH3 is 1. The Morgan fingerprint density at radius 3 is 2.56 bits per heavy atom. The highest BCUT2D eigenvalue weighted by atomic mass is 35.5. The number of nitrogens with zero attached hydrogens (tertiary/aromatic N) is 1. The minimum absolute atomic E-state index is 0.396. The lowest BCUT2D eigenvalue weighted by atomic mass is 10.3. The maximum Gasteiger partial charge on any atom is 0.169 e. The number of hydrogen-bond acceptors (Lipinski definition) is 3. The minimum Gasteiger partial charge on any atom is -0.493 e. The van der Waals surface area contributed by atoms with Gasteiger partial charge in [0.15, 0.2) is 11.5 Å². The molecule has 2 aromatic rings. The lowest BCUT2D eigenvalue weighted by molar-refractivity contribution is 0.379. The first-order chi connectivity index (χ1) is 7.79. The van der Waals surface area contributed by atoms with Gasteiger partial charge in [0.25, 0.3) is 0 Å². The van der Waals surface area contributed by atoms with Crippen molar-refractivity contribution in [3.8, 4) is 17.2 Å². The van der Waals surface area contributed by atoms with Gasteiger partial charge in [-0.05, 0) is 18.2 Å². The van der Waals surface area contributed by atoms with Gasteiger partial charge < -0.3 is 9.47 Å². The topological polar surface area (TPSA) is 31.4 Å². The summed E-state index contributed by atoms with van der Waals surface area (Å²) < 4.78 is 10.8. The Hall–Kier alpha value is -1.74. The number of aromatic nitrogens is 1. The molecule has 0 spiro atoms. The van der Waals surface area contributed by atoms with Crippen molar-refractivity contribution in [3.05, 3.63) is 47.7 Å². The zero-order valence-electron chi connectivity index (χ0n) is 8.68. The van der Waals surface area contributed by atoms with Gasteiger partial charge in [-0.3, -0.25) is 0 Å². The van der Waals surface area contributed by atoms with Gasteiger partial charge in [0.05, 0.1) is 7.11 Å². The Kier molecular flexibility index (Phi) is 3.27. The lowest BCUT2D eigenvalue weighted by Crippen LogP contribution is -1.90. The number of pyridine rings is 1. The van der Waals surface area contributed by atoms with Crippen LogP contribution in [0.3, 0.4) is 0 Å². The molecular formula is C12H10ClNO2. The maximum absolute atomic E-state index is 5.76. The van der Waals surface area contributed by atoms with Crippen molar-refractivity contribution < 1.29 is 9.47 Å². The van der Waals surface area contributed by atoms with Crippen molar-refractivity contribution in [2.24, 2.45) is 0 Å². The van der Waals surface area contributed by atoms with Crippen LogP contribution in [0.1, 0.15) is 0 Å². The summed E-state index contributed by atoms with van der Waals surface area (Å²) in [6.07, 6.45) is 1.59. The first-order valence-electron chi connectivity index (χ1n) is 4.72. The average molecular weight is 236 g/mol. The van der Waals surface area contributed by atoms with E-state index >= 15 is 0 Å². The van der Waals surface area contributed by atoms with E-state index in [2.05, 4.69) is 4.98 Å². The van der Waals surface area contributed by atoms with E-state index in [9.17, 15) is 0 Å². The zero-order chi connectivity index (χ0) is 11.4. The molecule has 0 unspecified atom stereocenters. The van der Waals surface area contributed by atoms with E-state index in [1.165, 1.54) is 0 Å². The fraction of sp³-hybridized carbons (Fsp3) is 0.0833. The lowest BCUT2D eigenvalue weighted by Gasteiger charge is -2.09. The first-order valence-corrected chi connectivity index (χ1v) is 5.10. The van der Waals surface area contributed by atoms with Crippen LogP contribution in [0, 0.1) is 0 Å². The summed E-state index contributed by atoms with van der Waals surface area (Å²) in [6, 6.07) is 10.8. The van der Waals surface area contributed by atoms with E-state index in [0.29, 0.717) is 22.4 Å². The number of halogens is 1. The molecule has 1 heterocycles. The Morgan fingerprint density at radius 2 is 1.88 bits per heavy atom. The molecule has 82 valence electrons. The molecule has 0 amide bonds. The molecule has 0 atom stereocenters. The van der Waals surface area contributed by atoms with Crippen molar-refractivity contribution in [2.45, 2.75) is 0 Å². The molecule has 3 nitrogen and oxygen atoms in total. The Bertz CT molecular complexity index is 488. The molecule has 0 aliphatic rings. The summed E-state index contributed by atoms with van der Waals surface area (Å²) in [5, 5.41) is 0.396. The third-order valence-corrected chi connectivity index (χ3v) is 2.20. The SMILES string of the molecule is COc1ccccc1Oc1ccnc(Cl)c1. The zero-order valence-corrected chi connectivity index (χ0v) is 9.44. The van der Waals surface area contributed by atoms with Crippen molar-refractivity contribution in [2.75, 3.05) is 7.11 Å².